The summed E-state index contributed by atoms with van der Waals surface area (Å²) in [6.45, 7) is 2.70. The Kier molecular flexibility index (Phi) is 5.23. The van der Waals surface area contributed by atoms with Crippen LogP contribution in [-0.4, -0.2) is 46.2 Å². The highest BCUT2D eigenvalue weighted by atomic mass is 32.2. The summed E-state index contributed by atoms with van der Waals surface area (Å²) in [5, 5.41) is 9.03. The van der Waals surface area contributed by atoms with Crippen LogP contribution in [0.2, 0.25) is 0 Å². The number of H-pyrrole nitrogens is 1. The molecule has 1 atom stereocenters. The molecule has 1 aromatic heterocycles. The Morgan fingerprint density at radius 2 is 2.41 bits per heavy atom. The Bertz CT molecular complexity index is 428. The summed E-state index contributed by atoms with van der Waals surface area (Å²) in [6.07, 6.45) is 0. The van der Waals surface area contributed by atoms with E-state index in [-0.39, 0.29) is 16.8 Å². The van der Waals surface area contributed by atoms with E-state index in [1.165, 1.54) is 16.3 Å². The smallest absolute Gasteiger partial charge is 0.343 e. The number of thioether (sulfide) groups is 1. The van der Waals surface area contributed by atoms with Crippen molar-refractivity contribution in [2.24, 2.45) is 7.05 Å². The van der Waals surface area contributed by atoms with Crippen molar-refractivity contribution in [2.75, 3.05) is 20.3 Å². The molecule has 1 amide bonds. The molecule has 2 N–H and O–H groups in total. The van der Waals surface area contributed by atoms with E-state index < -0.39 is 0 Å². The Labute approximate surface area is 103 Å². The fraction of sp³-hybridized carbons (Fsp3) is 0.667. The number of amides is 1. The van der Waals surface area contributed by atoms with Crippen molar-refractivity contribution in [3.63, 3.8) is 0 Å². The van der Waals surface area contributed by atoms with E-state index in [1.807, 2.05) is 0 Å². The topological polar surface area (TPSA) is 89.0 Å². The van der Waals surface area contributed by atoms with Crippen LogP contribution in [0, 0.1) is 0 Å². The van der Waals surface area contributed by atoms with Gasteiger partial charge in [-0.05, 0) is 6.92 Å². The molecule has 0 saturated carbocycles. The van der Waals surface area contributed by atoms with Gasteiger partial charge in [0.25, 0.3) is 0 Å². The number of methoxy groups -OCH3 is 1. The number of nitrogens with zero attached hydrogens (tertiary/aromatic N) is 2. The lowest BCUT2D eigenvalue weighted by molar-refractivity contribution is -0.120. The van der Waals surface area contributed by atoms with Crippen LogP contribution in [0.15, 0.2) is 9.95 Å². The Morgan fingerprint density at radius 1 is 1.71 bits per heavy atom. The van der Waals surface area contributed by atoms with Crippen LogP contribution < -0.4 is 11.0 Å². The van der Waals surface area contributed by atoms with Crippen LogP contribution in [0.1, 0.15) is 6.92 Å². The number of carbonyl (C=O) groups is 1. The summed E-state index contributed by atoms with van der Waals surface area (Å²) >= 11 is 1.22. The van der Waals surface area contributed by atoms with Gasteiger partial charge in [-0.25, -0.2) is 9.89 Å². The quantitative estimate of drug-likeness (QED) is 0.524. The molecular weight excluding hydrogens is 244 g/mol. The lowest BCUT2D eigenvalue weighted by atomic mass is 10.4. The van der Waals surface area contributed by atoms with E-state index in [2.05, 4.69) is 15.5 Å². The van der Waals surface area contributed by atoms with Gasteiger partial charge in [0, 0.05) is 20.7 Å². The van der Waals surface area contributed by atoms with Gasteiger partial charge in [0.2, 0.25) is 5.91 Å². The summed E-state index contributed by atoms with van der Waals surface area (Å²) in [4.78, 5) is 22.7. The van der Waals surface area contributed by atoms with Gasteiger partial charge in [-0.3, -0.25) is 9.36 Å². The first-order valence-corrected chi connectivity index (χ1v) is 5.99. The third-order valence-electron chi connectivity index (χ3n) is 2.10. The zero-order chi connectivity index (χ0) is 12.8. The standard InChI is InChI=1S/C9H16N4O3S/c1-6(7(14)10-4-5-16-3)17-9-12-11-8(15)13(9)2/h6H,4-5H2,1-3H3,(H,10,14)(H,11,15)/t6-/m1/s1. The lowest BCUT2D eigenvalue weighted by Gasteiger charge is -2.10. The van der Waals surface area contributed by atoms with Crippen molar-refractivity contribution in [1.29, 1.82) is 0 Å². The van der Waals surface area contributed by atoms with Crippen molar-refractivity contribution in [2.45, 2.75) is 17.3 Å². The number of carbonyl (C=O) groups excluding carboxylic acids is 1. The maximum absolute atomic E-state index is 11.6. The van der Waals surface area contributed by atoms with Crippen molar-refractivity contribution in [3.05, 3.63) is 10.5 Å². The van der Waals surface area contributed by atoms with Crippen LogP contribution in [0.4, 0.5) is 0 Å². The minimum Gasteiger partial charge on any atom is -0.383 e. The first-order valence-electron chi connectivity index (χ1n) is 5.11. The van der Waals surface area contributed by atoms with Gasteiger partial charge in [0.1, 0.15) is 0 Å². The van der Waals surface area contributed by atoms with Crippen LogP contribution in [-0.2, 0) is 16.6 Å². The highest BCUT2D eigenvalue weighted by Crippen LogP contribution is 2.18. The van der Waals surface area contributed by atoms with Crippen molar-refractivity contribution in [3.8, 4) is 0 Å². The van der Waals surface area contributed by atoms with Gasteiger partial charge in [0.05, 0.1) is 11.9 Å². The van der Waals surface area contributed by atoms with E-state index in [0.717, 1.165) is 0 Å². The number of hydrogen-bond acceptors (Lipinski definition) is 5. The Balaban J connectivity index is 2.48. The highest BCUT2D eigenvalue weighted by molar-refractivity contribution is 8.00. The fourth-order valence-corrected chi connectivity index (χ4v) is 1.92. The largest absolute Gasteiger partial charge is 0.383 e. The molecule has 0 aliphatic carbocycles. The molecule has 17 heavy (non-hydrogen) atoms. The summed E-state index contributed by atoms with van der Waals surface area (Å²) in [5.41, 5.74) is -0.292. The normalized spacial score (nSPS) is 12.4. The third kappa shape index (κ3) is 3.90. The zero-order valence-corrected chi connectivity index (χ0v) is 10.8. The second-order valence-corrected chi connectivity index (χ2v) is 4.72. The molecule has 8 heteroatoms. The van der Waals surface area contributed by atoms with Gasteiger partial charge in [-0.2, -0.15) is 0 Å². The third-order valence-corrected chi connectivity index (χ3v) is 3.24. The molecule has 1 aromatic rings. The van der Waals surface area contributed by atoms with Crippen LogP contribution >= 0.6 is 11.8 Å². The number of rotatable bonds is 6. The maximum Gasteiger partial charge on any atom is 0.343 e. The van der Waals surface area contributed by atoms with Gasteiger partial charge in [-0.1, -0.05) is 11.8 Å². The average molecular weight is 260 g/mol. The summed E-state index contributed by atoms with van der Waals surface area (Å²) in [7, 11) is 3.17. The Morgan fingerprint density at radius 3 is 2.94 bits per heavy atom. The van der Waals surface area contributed by atoms with E-state index in [9.17, 15) is 9.59 Å². The van der Waals surface area contributed by atoms with Gasteiger partial charge >= 0.3 is 5.69 Å². The van der Waals surface area contributed by atoms with Crippen molar-refractivity contribution in [1.82, 2.24) is 20.1 Å². The van der Waals surface area contributed by atoms with E-state index in [1.54, 1.807) is 21.1 Å². The van der Waals surface area contributed by atoms with E-state index >= 15 is 0 Å². The van der Waals surface area contributed by atoms with Crippen LogP contribution in [0.5, 0.6) is 0 Å². The molecule has 0 radical (unpaired) electrons. The predicted octanol–water partition coefficient (Wildman–Crippen LogP) is -0.648. The number of ether oxygens (including phenoxy) is 1. The van der Waals surface area contributed by atoms with Gasteiger partial charge < -0.3 is 10.1 Å². The van der Waals surface area contributed by atoms with Gasteiger partial charge in [-0.15, -0.1) is 5.10 Å². The van der Waals surface area contributed by atoms with E-state index in [0.29, 0.717) is 18.3 Å². The SMILES string of the molecule is COCCNC(=O)[C@@H](C)Sc1n[nH]c(=O)n1C. The minimum atomic E-state index is -0.319. The molecule has 0 fully saturated rings. The van der Waals surface area contributed by atoms with E-state index in [4.69, 9.17) is 4.74 Å². The fourth-order valence-electron chi connectivity index (χ4n) is 1.07. The molecular formula is C9H16N4O3S. The molecule has 1 heterocycles. The number of nitrogens with one attached hydrogen (secondary N) is 2. The molecule has 1 rings (SSSR count). The summed E-state index contributed by atoms with van der Waals surface area (Å²) in [5.74, 6) is -0.109. The molecule has 96 valence electrons. The molecule has 0 bridgehead atoms. The first-order chi connectivity index (χ1) is 8.06. The summed E-state index contributed by atoms with van der Waals surface area (Å²) < 4.78 is 6.19. The van der Waals surface area contributed by atoms with Crippen LogP contribution in [0.3, 0.4) is 0 Å². The monoisotopic (exact) mass is 260 g/mol. The maximum atomic E-state index is 11.6. The van der Waals surface area contributed by atoms with Crippen LogP contribution in [0.25, 0.3) is 0 Å². The highest BCUT2D eigenvalue weighted by Gasteiger charge is 2.17. The number of aromatic nitrogens is 3. The number of hydrogen-bond donors (Lipinski definition) is 2. The minimum absolute atomic E-state index is 0.109. The molecule has 0 aromatic carbocycles. The molecule has 0 spiro atoms. The van der Waals surface area contributed by atoms with Gasteiger partial charge in [0.15, 0.2) is 5.16 Å². The lowest BCUT2D eigenvalue weighted by Crippen LogP contribution is -2.33. The first kappa shape index (κ1) is 13.8. The molecule has 0 unspecified atom stereocenters. The molecule has 0 aliphatic heterocycles. The Hall–Kier alpha value is -1.28. The summed E-state index contributed by atoms with van der Waals surface area (Å²) in [6, 6.07) is 0. The average Bonchev–Trinajstić information content (AvgIpc) is 2.61. The second-order valence-electron chi connectivity index (χ2n) is 3.41. The second kappa shape index (κ2) is 6.45. The predicted molar refractivity (Wildman–Crippen MR) is 64.0 cm³/mol. The number of aromatic amines is 1. The molecule has 7 nitrogen and oxygen atoms in total. The van der Waals surface area contributed by atoms with Crippen molar-refractivity contribution < 1.29 is 9.53 Å². The zero-order valence-electron chi connectivity index (χ0n) is 10.0. The molecule has 0 saturated heterocycles. The van der Waals surface area contributed by atoms with Crippen molar-refractivity contribution >= 4 is 17.7 Å². The molecule has 0 aliphatic rings.